The predicted octanol–water partition coefficient (Wildman–Crippen LogP) is 3.32. The van der Waals surface area contributed by atoms with E-state index in [9.17, 15) is 15.2 Å². The van der Waals surface area contributed by atoms with Gasteiger partial charge in [0.05, 0.1) is 11.5 Å². The van der Waals surface area contributed by atoms with Crippen LogP contribution < -0.4 is 4.74 Å². The molecule has 0 aromatic heterocycles. The fraction of sp³-hybridized carbons (Fsp3) is 0.143. The number of non-ortho nitro benzene ring substituents is 1. The molecule has 1 N–H and O–H groups in total. The highest BCUT2D eigenvalue weighted by molar-refractivity contribution is 6.30. The molecule has 0 unspecified atom stereocenters. The van der Waals surface area contributed by atoms with Crippen LogP contribution >= 0.6 is 11.6 Å². The van der Waals surface area contributed by atoms with Gasteiger partial charge < -0.3 is 9.84 Å². The first-order valence-electron chi connectivity index (χ1n) is 5.85. The van der Waals surface area contributed by atoms with Crippen LogP contribution in [-0.2, 0) is 13.2 Å². The molecule has 0 bridgehead atoms. The van der Waals surface area contributed by atoms with Crippen molar-refractivity contribution in [3.8, 4) is 5.75 Å². The second-order valence-electron chi connectivity index (χ2n) is 4.12. The van der Waals surface area contributed by atoms with E-state index in [1.54, 1.807) is 12.1 Å². The highest BCUT2D eigenvalue weighted by Crippen LogP contribution is 2.25. The number of rotatable bonds is 5. The third kappa shape index (κ3) is 3.46. The quantitative estimate of drug-likeness (QED) is 0.678. The van der Waals surface area contributed by atoms with Crippen LogP contribution in [0.25, 0.3) is 0 Å². The zero-order valence-corrected chi connectivity index (χ0v) is 11.2. The van der Waals surface area contributed by atoms with Gasteiger partial charge in [0.2, 0.25) is 0 Å². The molecule has 2 aromatic carbocycles. The number of nitrogens with zero attached hydrogens (tertiary/aromatic N) is 1. The summed E-state index contributed by atoms with van der Waals surface area (Å²) in [7, 11) is 0. The van der Waals surface area contributed by atoms with Gasteiger partial charge in [-0.25, -0.2) is 0 Å². The summed E-state index contributed by atoms with van der Waals surface area (Å²) in [6, 6.07) is 11.3. The minimum Gasteiger partial charge on any atom is -0.489 e. The summed E-state index contributed by atoms with van der Waals surface area (Å²) < 4.78 is 5.56. The van der Waals surface area contributed by atoms with E-state index in [2.05, 4.69) is 0 Å². The largest absolute Gasteiger partial charge is 0.489 e. The van der Waals surface area contributed by atoms with Crippen LogP contribution in [0.2, 0.25) is 5.02 Å². The number of aliphatic hydroxyl groups excluding tert-OH is 1. The summed E-state index contributed by atoms with van der Waals surface area (Å²) in [4.78, 5) is 10.2. The maximum Gasteiger partial charge on any atom is 0.270 e. The van der Waals surface area contributed by atoms with Crippen LogP contribution in [0.4, 0.5) is 5.69 Å². The summed E-state index contributed by atoms with van der Waals surface area (Å²) in [6.07, 6.45) is 0. The summed E-state index contributed by atoms with van der Waals surface area (Å²) in [5.41, 5.74) is 1.22. The lowest BCUT2D eigenvalue weighted by atomic mass is 10.2. The minimum absolute atomic E-state index is 0.0760. The first-order chi connectivity index (χ1) is 9.60. The molecule has 0 saturated carbocycles. The lowest BCUT2D eigenvalue weighted by molar-refractivity contribution is -0.385. The SMILES string of the molecule is O=[N+]([O-])c1ccc(OCc2ccc(Cl)cc2)c(CO)c1. The number of halogens is 1. The van der Waals surface area contributed by atoms with Gasteiger partial charge in [0.15, 0.2) is 0 Å². The standard InChI is InChI=1S/C14H12ClNO4/c15-12-3-1-10(2-4-12)9-20-14-6-5-13(16(18)19)7-11(14)8-17/h1-7,17H,8-9H2. The Kier molecular flexibility index (Phi) is 4.55. The lowest BCUT2D eigenvalue weighted by Crippen LogP contribution is -2.00. The molecule has 0 aliphatic carbocycles. The predicted molar refractivity (Wildman–Crippen MR) is 74.8 cm³/mol. The number of nitro benzene ring substituents is 1. The van der Waals surface area contributed by atoms with E-state index in [0.29, 0.717) is 22.9 Å². The van der Waals surface area contributed by atoms with Crippen LogP contribution in [-0.4, -0.2) is 10.0 Å². The van der Waals surface area contributed by atoms with Crippen LogP contribution in [0.15, 0.2) is 42.5 Å². The molecule has 0 atom stereocenters. The molecule has 0 radical (unpaired) electrons. The van der Waals surface area contributed by atoms with Gasteiger partial charge in [-0.05, 0) is 23.8 Å². The average molecular weight is 294 g/mol. The summed E-state index contributed by atoms with van der Waals surface area (Å²) in [6.45, 7) is -0.0282. The van der Waals surface area contributed by atoms with E-state index in [0.717, 1.165) is 5.56 Å². The van der Waals surface area contributed by atoms with E-state index in [-0.39, 0.29) is 12.3 Å². The maximum absolute atomic E-state index is 10.7. The van der Waals surface area contributed by atoms with Gasteiger partial charge in [-0.15, -0.1) is 0 Å². The van der Waals surface area contributed by atoms with Crippen LogP contribution in [0, 0.1) is 10.1 Å². The number of nitro groups is 1. The van der Waals surface area contributed by atoms with Crippen LogP contribution in [0.3, 0.4) is 0 Å². The Morgan fingerprint density at radius 2 is 1.90 bits per heavy atom. The molecule has 2 rings (SSSR count). The molecule has 2 aromatic rings. The second kappa shape index (κ2) is 6.36. The molecule has 0 aliphatic heterocycles. The molecule has 0 fully saturated rings. The van der Waals surface area contributed by atoms with Gasteiger partial charge in [-0.1, -0.05) is 23.7 Å². The lowest BCUT2D eigenvalue weighted by Gasteiger charge is -2.10. The maximum atomic E-state index is 10.7. The number of hydrogen-bond acceptors (Lipinski definition) is 4. The fourth-order valence-electron chi connectivity index (χ4n) is 1.69. The van der Waals surface area contributed by atoms with Gasteiger partial charge in [-0.3, -0.25) is 10.1 Å². The molecule has 0 saturated heterocycles. The molecular weight excluding hydrogens is 282 g/mol. The van der Waals surface area contributed by atoms with E-state index >= 15 is 0 Å². The van der Waals surface area contributed by atoms with Crippen molar-refractivity contribution in [2.75, 3.05) is 0 Å². The highest BCUT2D eigenvalue weighted by atomic mass is 35.5. The monoisotopic (exact) mass is 293 g/mol. The Morgan fingerprint density at radius 3 is 2.50 bits per heavy atom. The van der Waals surface area contributed by atoms with Crippen molar-refractivity contribution in [3.63, 3.8) is 0 Å². The number of aliphatic hydroxyl groups is 1. The number of ether oxygens (including phenoxy) is 1. The van der Waals surface area contributed by atoms with E-state index < -0.39 is 4.92 Å². The first kappa shape index (κ1) is 14.3. The normalized spacial score (nSPS) is 10.3. The number of hydrogen-bond donors (Lipinski definition) is 1. The summed E-state index contributed by atoms with van der Waals surface area (Å²) in [5, 5.41) is 20.5. The Balaban J connectivity index is 2.12. The zero-order valence-electron chi connectivity index (χ0n) is 10.5. The first-order valence-corrected chi connectivity index (χ1v) is 6.23. The van der Waals surface area contributed by atoms with E-state index in [1.807, 2.05) is 12.1 Å². The molecule has 0 heterocycles. The van der Waals surface area contributed by atoms with E-state index in [4.69, 9.17) is 16.3 Å². The van der Waals surface area contributed by atoms with Crippen molar-refractivity contribution < 1.29 is 14.8 Å². The molecule has 104 valence electrons. The van der Waals surface area contributed by atoms with Crippen molar-refractivity contribution in [1.82, 2.24) is 0 Å². The van der Waals surface area contributed by atoms with Gasteiger partial charge in [0, 0.05) is 22.7 Å². The highest BCUT2D eigenvalue weighted by Gasteiger charge is 2.11. The van der Waals surface area contributed by atoms with Gasteiger partial charge in [-0.2, -0.15) is 0 Å². The van der Waals surface area contributed by atoms with Gasteiger partial charge in [0.1, 0.15) is 12.4 Å². The molecule has 0 amide bonds. The van der Waals surface area contributed by atoms with Crippen molar-refractivity contribution in [2.45, 2.75) is 13.2 Å². The van der Waals surface area contributed by atoms with Gasteiger partial charge in [0.25, 0.3) is 5.69 Å². The average Bonchev–Trinajstić information content (AvgIpc) is 2.46. The van der Waals surface area contributed by atoms with Crippen molar-refractivity contribution in [3.05, 3.63) is 68.7 Å². The molecule has 0 aliphatic rings. The van der Waals surface area contributed by atoms with Crippen LogP contribution in [0.5, 0.6) is 5.75 Å². The van der Waals surface area contributed by atoms with Crippen molar-refractivity contribution >= 4 is 17.3 Å². The zero-order chi connectivity index (χ0) is 14.5. The molecule has 20 heavy (non-hydrogen) atoms. The van der Waals surface area contributed by atoms with Gasteiger partial charge >= 0.3 is 0 Å². The molecule has 6 heteroatoms. The minimum atomic E-state index is -0.512. The Morgan fingerprint density at radius 1 is 1.20 bits per heavy atom. The molecular formula is C14H12ClNO4. The third-order valence-electron chi connectivity index (χ3n) is 2.73. The smallest absolute Gasteiger partial charge is 0.270 e. The Labute approximate surface area is 120 Å². The summed E-state index contributed by atoms with van der Waals surface area (Å²) in [5.74, 6) is 0.424. The molecule has 0 spiro atoms. The fourth-order valence-corrected chi connectivity index (χ4v) is 1.81. The van der Waals surface area contributed by atoms with Crippen molar-refractivity contribution in [2.24, 2.45) is 0 Å². The van der Waals surface area contributed by atoms with E-state index in [1.165, 1.54) is 18.2 Å². The Bertz CT molecular complexity index is 613. The number of benzene rings is 2. The Hall–Kier alpha value is -2.11. The topological polar surface area (TPSA) is 72.6 Å². The third-order valence-corrected chi connectivity index (χ3v) is 2.98. The van der Waals surface area contributed by atoms with Crippen molar-refractivity contribution in [1.29, 1.82) is 0 Å². The van der Waals surface area contributed by atoms with Crippen LogP contribution in [0.1, 0.15) is 11.1 Å². The molecule has 5 nitrogen and oxygen atoms in total. The summed E-state index contributed by atoms with van der Waals surface area (Å²) >= 11 is 5.79. The second-order valence-corrected chi connectivity index (χ2v) is 4.56.